The molecule has 2 heteroatoms. The minimum atomic E-state index is 0.390. The van der Waals surface area contributed by atoms with E-state index < -0.39 is 0 Å². The summed E-state index contributed by atoms with van der Waals surface area (Å²) >= 11 is 0. The largest absolute Gasteiger partial charge is 0.493 e. The summed E-state index contributed by atoms with van der Waals surface area (Å²) in [6.45, 7) is 2.07. The van der Waals surface area contributed by atoms with Crippen LogP contribution < -0.4 is 9.47 Å². The van der Waals surface area contributed by atoms with Crippen molar-refractivity contribution in [3.05, 3.63) is 23.8 Å². The second-order valence-electron chi connectivity index (χ2n) is 4.18. The van der Waals surface area contributed by atoms with Gasteiger partial charge in [0.1, 0.15) is 0 Å². The number of hydrogen-bond donors (Lipinski definition) is 0. The fourth-order valence-electron chi connectivity index (χ4n) is 2.06. The molecule has 0 amide bonds. The van der Waals surface area contributed by atoms with E-state index >= 15 is 0 Å². The first-order valence-electron chi connectivity index (χ1n) is 5.61. The van der Waals surface area contributed by atoms with Crippen LogP contribution >= 0.6 is 0 Å². The third kappa shape index (κ3) is 2.44. The number of methoxy groups -OCH3 is 1. The average Bonchev–Trinajstić information content (AvgIpc) is 2.71. The molecular formula is C13H18O2. The molecule has 1 saturated carbocycles. The Balaban J connectivity index is 2.14. The second-order valence-corrected chi connectivity index (χ2v) is 4.18. The number of benzene rings is 1. The van der Waals surface area contributed by atoms with Crippen LogP contribution in [0.5, 0.6) is 11.5 Å². The van der Waals surface area contributed by atoms with Crippen molar-refractivity contribution in [2.24, 2.45) is 0 Å². The molecule has 82 valence electrons. The van der Waals surface area contributed by atoms with Gasteiger partial charge in [-0.3, -0.25) is 0 Å². The van der Waals surface area contributed by atoms with E-state index in [1.807, 2.05) is 12.1 Å². The highest BCUT2D eigenvalue weighted by atomic mass is 16.5. The van der Waals surface area contributed by atoms with E-state index in [0.29, 0.717) is 6.10 Å². The molecule has 0 aliphatic heterocycles. The molecule has 1 fully saturated rings. The van der Waals surface area contributed by atoms with E-state index in [-0.39, 0.29) is 0 Å². The Hall–Kier alpha value is -1.18. The van der Waals surface area contributed by atoms with Crippen molar-refractivity contribution in [3.63, 3.8) is 0 Å². The molecule has 1 aliphatic rings. The third-order valence-corrected chi connectivity index (χ3v) is 2.91. The lowest BCUT2D eigenvalue weighted by Gasteiger charge is -2.16. The van der Waals surface area contributed by atoms with E-state index in [2.05, 4.69) is 13.0 Å². The van der Waals surface area contributed by atoms with Crippen molar-refractivity contribution in [1.82, 2.24) is 0 Å². The maximum Gasteiger partial charge on any atom is 0.161 e. The quantitative estimate of drug-likeness (QED) is 0.755. The summed E-state index contributed by atoms with van der Waals surface area (Å²) in [7, 11) is 1.69. The van der Waals surface area contributed by atoms with Gasteiger partial charge in [-0.05, 0) is 50.3 Å². The minimum absolute atomic E-state index is 0.390. The van der Waals surface area contributed by atoms with Gasteiger partial charge in [-0.2, -0.15) is 0 Å². The topological polar surface area (TPSA) is 18.5 Å². The number of aryl methyl sites for hydroxylation is 1. The summed E-state index contributed by atoms with van der Waals surface area (Å²) in [5.74, 6) is 1.73. The zero-order valence-electron chi connectivity index (χ0n) is 9.45. The first-order chi connectivity index (χ1) is 7.29. The van der Waals surface area contributed by atoms with E-state index in [4.69, 9.17) is 9.47 Å². The van der Waals surface area contributed by atoms with Gasteiger partial charge in [0.15, 0.2) is 11.5 Å². The van der Waals surface area contributed by atoms with Gasteiger partial charge in [0.2, 0.25) is 0 Å². The Morgan fingerprint density at radius 2 is 1.87 bits per heavy atom. The maximum atomic E-state index is 5.95. The van der Waals surface area contributed by atoms with Crippen LogP contribution in [-0.4, -0.2) is 13.2 Å². The molecule has 0 bridgehead atoms. The summed E-state index contributed by atoms with van der Waals surface area (Å²) in [5.41, 5.74) is 1.21. The molecule has 15 heavy (non-hydrogen) atoms. The van der Waals surface area contributed by atoms with Crippen molar-refractivity contribution >= 4 is 0 Å². The Morgan fingerprint density at radius 3 is 2.53 bits per heavy atom. The monoisotopic (exact) mass is 206 g/mol. The first kappa shape index (κ1) is 10.3. The second kappa shape index (κ2) is 4.56. The zero-order chi connectivity index (χ0) is 10.7. The number of hydrogen-bond acceptors (Lipinski definition) is 2. The average molecular weight is 206 g/mol. The molecule has 0 N–H and O–H groups in total. The molecule has 0 aromatic heterocycles. The standard InChI is InChI=1S/C13H18O2/c1-10-7-8-12(14-2)13(9-10)15-11-5-3-4-6-11/h7-9,11H,3-6H2,1-2H3. The first-order valence-corrected chi connectivity index (χ1v) is 5.61. The molecule has 2 nitrogen and oxygen atoms in total. The molecule has 1 aromatic carbocycles. The van der Waals surface area contributed by atoms with E-state index in [1.165, 1.54) is 31.2 Å². The highest BCUT2D eigenvalue weighted by Crippen LogP contribution is 2.32. The Bertz CT molecular complexity index is 327. The molecular weight excluding hydrogens is 188 g/mol. The summed E-state index contributed by atoms with van der Waals surface area (Å²) in [4.78, 5) is 0. The summed E-state index contributed by atoms with van der Waals surface area (Å²) in [6, 6.07) is 6.07. The molecule has 0 heterocycles. The third-order valence-electron chi connectivity index (χ3n) is 2.91. The molecule has 0 saturated heterocycles. The van der Waals surface area contributed by atoms with Crippen LogP contribution in [0.4, 0.5) is 0 Å². The van der Waals surface area contributed by atoms with Crippen LogP contribution in [0, 0.1) is 6.92 Å². The molecule has 0 atom stereocenters. The van der Waals surface area contributed by atoms with Crippen molar-refractivity contribution in [2.45, 2.75) is 38.7 Å². The van der Waals surface area contributed by atoms with Crippen LogP contribution in [0.25, 0.3) is 0 Å². The summed E-state index contributed by atoms with van der Waals surface area (Å²) < 4.78 is 11.2. The number of ether oxygens (including phenoxy) is 2. The summed E-state index contributed by atoms with van der Waals surface area (Å²) in [5, 5.41) is 0. The lowest BCUT2D eigenvalue weighted by atomic mass is 10.2. The zero-order valence-corrected chi connectivity index (χ0v) is 9.45. The lowest BCUT2D eigenvalue weighted by molar-refractivity contribution is 0.200. The van der Waals surface area contributed by atoms with Gasteiger partial charge >= 0.3 is 0 Å². The lowest BCUT2D eigenvalue weighted by Crippen LogP contribution is -2.11. The maximum absolute atomic E-state index is 5.95. The summed E-state index contributed by atoms with van der Waals surface area (Å²) in [6.07, 6.45) is 5.33. The van der Waals surface area contributed by atoms with Gasteiger partial charge in [0, 0.05) is 0 Å². The van der Waals surface area contributed by atoms with Crippen molar-refractivity contribution < 1.29 is 9.47 Å². The molecule has 2 rings (SSSR count). The van der Waals surface area contributed by atoms with Crippen LogP contribution in [-0.2, 0) is 0 Å². The highest BCUT2D eigenvalue weighted by Gasteiger charge is 2.18. The Kier molecular flexibility index (Phi) is 3.14. The Morgan fingerprint density at radius 1 is 1.13 bits per heavy atom. The van der Waals surface area contributed by atoms with Gasteiger partial charge in [-0.25, -0.2) is 0 Å². The van der Waals surface area contributed by atoms with E-state index in [0.717, 1.165) is 11.5 Å². The van der Waals surface area contributed by atoms with E-state index in [1.54, 1.807) is 7.11 Å². The number of rotatable bonds is 3. The fraction of sp³-hybridized carbons (Fsp3) is 0.538. The van der Waals surface area contributed by atoms with Crippen molar-refractivity contribution in [2.75, 3.05) is 7.11 Å². The van der Waals surface area contributed by atoms with Gasteiger partial charge in [0.25, 0.3) is 0 Å². The van der Waals surface area contributed by atoms with Crippen LogP contribution in [0.3, 0.4) is 0 Å². The molecule has 1 aromatic rings. The predicted octanol–water partition coefficient (Wildman–Crippen LogP) is 3.33. The van der Waals surface area contributed by atoms with Crippen LogP contribution in [0.2, 0.25) is 0 Å². The van der Waals surface area contributed by atoms with Crippen LogP contribution in [0.1, 0.15) is 31.2 Å². The van der Waals surface area contributed by atoms with Gasteiger partial charge in [-0.1, -0.05) is 6.07 Å². The fourth-order valence-corrected chi connectivity index (χ4v) is 2.06. The normalized spacial score (nSPS) is 16.7. The van der Waals surface area contributed by atoms with Gasteiger partial charge in [-0.15, -0.1) is 0 Å². The smallest absolute Gasteiger partial charge is 0.161 e. The SMILES string of the molecule is COc1ccc(C)cc1OC1CCCC1. The molecule has 1 aliphatic carbocycles. The van der Waals surface area contributed by atoms with Crippen molar-refractivity contribution in [3.8, 4) is 11.5 Å². The minimum Gasteiger partial charge on any atom is -0.493 e. The molecule has 0 spiro atoms. The van der Waals surface area contributed by atoms with Crippen LogP contribution in [0.15, 0.2) is 18.2 Å². The molecule has 0 unspecified atom stereocenters. The Labute approximate surface area is 91.2 Å². The van der Waals surface area contributed by atoms with Gasteiger partial charge < -0.3 is 9.47 Å². The van der Waals surface area contributed by atoms with E-state index in [9.17, 15) is 0 Å². The van der Waals surface area contributed by atoms with Crippen molar-refractivity contribution in [1.29, 1.82) is 0 Å². The highest BCUT2D eigenvalue weighted by molar-refractivity contribution is 5.42. The van der Waals surface area contributed by atoms with Gasteiger partial charge in [0.05, 0.1) is 13.2 Å². The predicted molar refractivity (Wildman–Crippen MR) is 60.6 cm³/mol. The molecule has 0 radical (unpaired) electrons.